The lowest BCUT2D eigenvalue weighted by Crippen LogP contribution is -2.21. The van der Waals surface area contributed by atoms with Crippen molar-refractivity contribution in [2.24, 2.45) is 10.8 Å². The first-order valence-corrected chi connectivity index (χ1v) is 4.85. The lowest BCUT2D eigenvalue weighted by Gasteiger charge is -2.02. The summed E-state index contributed by atoms with van der Waals surface area (Å²) < 4.78 is 0. The number of halogens is 1. The van der Waals surface area contributed by atoms with Gasteiger partial charge >= 0.3 is 0 Å². The molecule has 9 heteroatoms. The molecule has 0 aromatic heterocycles. The van der Waals surface area contributed by atoms with E-state index in [2.05, 4.69) is 10.5 Å². The van der Waals surface area contributed by atoms with Crippen molar-refractivity contribution in [3.63, 3.8) is 0 Å². The highest BCUT2D eigenvalue weighted by Gasteiger charge is 2.12. The second-order valence-corrected chi connectivity index (χ2v) is 3.43. The average molecular weight is 267 g/mol. The third-order valence-corrected chi connectivity index (χ3v) is 2.12. The van der Waals surface area contributed by atoms with Crippen LogP contribution >= 0.6 is 11.6 Å². The zero-order valence-corrected chi connectivity index (χ0v) is 9.60. The molecule has 1 aromatic carbocycles. The number of rotatable bonds is 4. The van der Waals surface area contributed by atoms with Gasteiger partial charge < -0.3 is 5.73 Å². The number of hydrazone groups is 1. The Labute approximate surface area is 106 Å². The number of anilines is 1. The summed E-state index contributed by atoms with van der Waals surface area (Å²) in [7, 11) is 0. The molecule has 8 nitrogen and oxygen atoms in total. The van der Waals surface area contributed by atoms with Crippen molar-refractivity contribution in [1.82, 2.24) is 0 Å². The highest BCUT2D eigenvalue weighted by atomic mass is 35.5. The van der Waals surface area contributed by atoms with Gasteiger partial charge in [0.15, 0.2) is 5.84 Å². The first-order valence-electron chi connectivity index (χ1n) is 4.48. The molecular weight excluding hydrogens is 260 g/mol. The van der Waals surface area contributed by atoms with Gasteiger partial charge in [0, 0.05) is 6.07 Å². The topological polar surface area (TPSA) is 141 Å². The Morgan fingerprint density at radius 2 is 2.33 bits per heavy atom. The lowest BCUT2D eigenvalue weighted by molar-refractivity contribution is -0.384. The van der Waals surface area contributed by atoms with E-state index in [0.717, 1.165) is 6.07 Å². The number of nitrogens with one attached hydrogen (secondary N) is 2. The highest BCUT2D eigenvalue weighted by Crippen LogP contribution is 2.27. The van der Waals surface area contributed by atoms with Crippen LogP contribution in [0.4, 0.5) is 11.4 Å². The van der Waals surface area contributed by atoms with Gasteiger partial charge in [-0.1, -0.05) is 11.6 Å². The second kappa shape index (κ2) is 5.60. The molecular formula is C9H7ClN6O2. The highest BCUT2D eigenvalue weighted by molar-refractivity contribution is 6.45. The minimum absolute atomic E-state index is 0.0124. The van der Waals surface area contributed by atoms with Gasteiger partial charge in [0.05, 0.1) is 10.6 Å². The summed E-state index contributed by atoms with van der Waals surface area (Å²) in [5, 5.41) is 29.8. The molecule has 18 heavy (non-hydrogen) atoms. The van der Waals surface area contributed by atoms with Crippen molar-refractivity contribution in [3.8, 4) is 6.07 Å². The maximum atomic E-state index is 10.6. The second-order valence-electron chi connectivity index (χ2n) is 3.02. The van der Waals surface area contributed by atoms with E-state index in [-0.39, 0.29) is 22.1 Å². The molecule has 0 aliphatic carbocycles. The van der Waals surface area contributed by atoms with Crippen LogP contribution in [0.5, 0.6) is 0 Å². The monoisotopic (exact) mass is 266 g/mol. The number of hydrogen-bond donors (Lipinski definition) is 3. The van der Waals surface area contributed by atoms with Crippen LogP contribution in [0.25, 0.3) is 0 Å². The van der Waals surface area contributed by atoms with Gasteiger partial charge in [0.1, 0.15) is 11.1 Å². The smallest absolute Gasteiger partial charge is 0.290 e. The van der Waals surface area contributed by atoms with Crippen LogP contribution in [-0.2, 0) is 0 Å². The standard InChI is InChI=1S/C9H7ClN6O2/c10-6-2-1-5(3-8(6)16(17)18)14-15-7(4-11)9(12)13/h1-3,14H,(H3,12,13)/b15-7+. The van der Waals surface area contributed by atoms with Crippen molar-refractivity contribution in [3.05, 3.63) is 33.3 Å². The summed E-state index contributed by atoms with van der Waals surface area (Å²) >= 11 is 5.62. The Kier molecular flexibility index (Phi) is 4.17. The zero-order chi connectivity index (χ0) is 13.7. The normalized spacial score (nSPS) is 10.6. The number of nitro benzene ring substituents is 1. The van der Waals surface area contributed by atoms with Gasteiger partial charge in [-0.25, -0.2) is 0 Å². The molecule has 0 aliphatic rings. The first kappa shape index (κ1) is 13.4. The van der Waals surface area contributed by atoms with E-state index < -0.39 is 10.8 Å². The molecule has 0 fully saturated rings. The zero-order valence-electron chi connectivity index (χ0n) is 8.85. The molecule has 4 N–H and O–H groups in total. The molecule has 1 aromatic rings. The Balaban J connectivity index is 3.00. The molecule has 0 bridgehead atoms. The molecule has 92 valence electrons. The number of hydrogen-bond acceptors (Lipinski definition) is 6. The predicted octanol–water partition coefficient (Wildman–Crippen LogP) is 1.48. The largest absolute Gasteiger partial charge is 0.382 e. The predicted molar refractivity (Wildman–Crippen MR) is 66.7 cm³/mol. The van der Waals surface area contributed by atoms with E-state index >= 15 is 0 Å². The quantitative estimate of drug-likeness (QED) is 0.327. The molecule has 1 rings (SSSR count). The fourth-order valence-electron chi connectivity index (χ4n) is 0.988. The number of nitro groups is 1. The van der Waals surface area contributed by atoms with Gasteiger partial charge in [-0.2, -0.15) is 10.4 Å². The number of nitriles is 1. The summed E-state index contributed by atoms with van der Waals surface area (Å²) in [4.78, 5) is 9.98. The van der Waals surface area contributed by atoms with Crippen molar-refractivity contribution in [2.45, 2.75) is 0 Å². The van der Waals surface area contributed by atoms with Crippen LogP contribution in [0, 0.1) is 26.9 Å². The van der Waals surface area contributed by atoms with Crippen LogP contribution < -0.4 is 11.2 Å². The van der Waals surface area contributed by atoms with Crippen LogP contribution in [0.15, 0.2) is 23.3 Å². The van der Waals surface area contributed by atoms with Gasteiger partial charge in [-0.05, 0) is 12.1 Å². The Bertz CT molecular complexity index is 577. The Hall–Kier alpha value is -2.66. The van der Waals surface area contributed by atoms with Crippen molar-refractivity contribution in [1.29, 1.82) is 10.7 Å². The molecule has 0 radical (unpaired) electrons. The van der Waals surface area contributed by atoms with Crippen LogP contribution in [-0.4, -0.2) is 16.5 Å². The van der Waals surface area contributed by atoms with Crippen LogP contribution in [0.3, 0.4) is 0 Å². The molecule has 0 saturated heterocycles. The van der Waals surface area contributed by atoms with E-state index in [1.165, 1.54) is 12.1 Å². The Morgan fingerprint density at radius 3 is 2.83 bits per heavy atom. The van der Waals surface area contributed by atoms with Crippen molar-refractivity contribution >= 4 is 34.5 Å². The van der Waals surface area contributed by atoms with E-state index in [4.69, 9.17) is 28.0 Å². The molecule has 0 amide bonds. The van der Waals surface area contributed by atoms with Crippen LogP contribution in [0.1, 0.15) is 0 Å². The minimum Gasteiger partial charge on any atom is -0.382 e. The Morgan fingerprint density at radius 1 is 1.67 bits per heavy atom. The lowest BCUT2D eigenvalue weighted by atomic mass is 10.3. The number of amidine groups is 1. The fourth-order valence-corrected chi connectivity index (χ4v) is 1.17. The van der Waals surface area contributed by atoms with E-state index in [1.54, 1.807) is 6.07 Å². The van der Waals surface area contributed by atoms with E-state index in [1.807, 2.05) is 0 Å². The molecule has 0 atom stereocenters. The number of nitrogens with zero attached hydrogens (tertiary/aromatic N) is 3. The number of nitrogens with two attached hydrogens (primary N) is 1. The van der Waals surface area contributed by atoms with Gasteiger partial charge in [-0.3, -0.25) is 20.9 Å². The maximum Gasteiger partial charge on any atom is 0.290 e. The fraction of sp³-hybridized carbons (Fsp3) is 0. The summed E-state index contributed by atoms with van der Waals surface area (Å²) in [6.07, 6.45) is 0. The SMILES string of the molecule is N#C/C(=N\Nc1ccc(Cl)c([N+](=O)[O-])c1)C(=N)N. The van der Waals surface area contributed by atoms with E-state index in [9.17, 15) is 10.1 Å². The average Bonchev–Trinajstić information content (AvgIpc) is 2.31. The first-order chi connectivity index (χ1) is 8.45. The molecule has 0 unspecified atom stereocenters. The third-order valence-electron chi connectivity index (χ3n) is 1.80. The summed E-state index contributed by atoms with van der Waals surface area (Å²) in [6.45, 7) is 0. The van der Waals surface area contributed by atoms with Gasteiger partial charge in [0.2, 0.25) is 5.71 Å². The summed E-state index contributed by atoms with van der Waals surface area (Å²) in [5.41, 5.74) is 7.09. The summed E-state index contributed by atoms with van der Waals surface area (Å²) in [6, 6.07) is 5.51. The summed E-state index contributed by atoms with van der Waals surface area (Å²) in [5.74, 6) is -0.506. The molecule has 0 saturated carbocycles. The van der Waals surface area contributed by atoms with Gasteiger partial charge in [0.25, 0.3) is 5.69 Å². The molecule has 0 heterocycles. The molecule has 0 spiro atoms. The van der Waals surface area contributed by atoms with Gasteiger partial charge in [-0.15, -0.1) is 0 Å². The maximum absolute atomic E-state index is 10.6. The minimum atomic E-state index is -0.645. The van der Waals surface area contributed by atoms with E-state index in [0.29, 0.717) is 0 Å². The van der Waals surface area contributed by atoms with Crippen molar-refractivity contribution < 1.29 is 4.92 Å². The van der Waals surface area contributed by atoms with Crippen molar-refractivity contribution in [2.75, 3.05) is 5.43 Å². The third kappa shape index (κ3) is 3.16. The molecule has 0 aliphatic heterocycles. The van der Waals surface area contributed by atoms with Crippen LogP contribution in [0.2, 0.25) is 5.02 Å². The number of benzene rings is 1.